The summed E-state index contributed by atoms with van der Waals surface area (Å²) in [6.45, 7) is 15.0. The minimum Gasteiger partial charge on any atom is -0.496 e. The molecule has 8 aromatic rings. The first kappa shape index (κ1) is 39.1. The van der Waals surface area contributed by atoms with Gasteiger partial charge in [0, 0.05) is 43.1 Å². The van der Waals surface area contributed by atoms with Crippen molar-refractivity contribution in [1.82, 2.24) is 0 Å². The van der Waals surface area contributed by atoms with Crippen molar-refractivity contribution in [3.8, 4) is 34.5 Å². The van der Waals surface area contributed by atoms with E-state index in [-0.39, 0.29) is 0 Å². The molecule has 8 aromatic carbocycles. The first-order valence-corrected chi connectivity index (χ1v) is 26.8. The van der Waals surface area contributed by atoms with E-state index >= 15 is 0 Å². The number of hydrogen-bond acceptors (Lipinski definition) is 6. The average Bonchev–Trinajstić information content (AvgIpc) is 3.22. The van der Waals surface area contributed by atoms with Gasteiger partial charge < -0.3 is 28.4 Å². The lowest BCUT2D eigenvalue weighted by Gasteiger charge is -2.27. The maximum atomic E-state index is 7.12. The summed E-state index contributed by atoms with van der Waals surface area (Å²) in [6, 6.07) is 38.1. The van der Waals surface area contributed by atoms with Crippen molar-refractivity contribution >= 4 is 80.4 Å². The van der Waals surface area contributed by atoms with E-state index in [1.54, 1.807) is 28.4 Å². The van der Waals surface area contributed by atoms with Gasteiger partial charge in [-0.2, -0.15) is 0 Å². The lowest BCUT2D eigenvalue weighted by Crippen LogP contribution is -2.39. The van der Waals surface area contributed by atoms with E-state index < -0.39 is 16.1 Å². The van der Waals surface area contributed by atoms with Crippen molar-refractivity contribution in [3.05, 3.63) is 120 Å². The van der Waals surface area contributed by atoms with Gasteiger partial charge in [-0.15, -0.1) is 0 Å². The van der Waals surface area contributed by atoms with Gasteiger partial charge in [-0.25, -0.2) is 0 Å². The van der Waals surface area contributed by atoms with Gasteiger partial charge in [0.05, 0.1) is 44.6 Å². The largest absolute Gasteiger partial charge is 0.496 e. The lowest BCUT2D eigenvalue weighted by atomic mass is 9.89. The van der Waals surface area contributed by atoms with E-state index in [1.807, 2.05) is 12.1 Å². The van der Waals surface area contributed by atoms with Gasteiger partial charge in [0.1, 0.15) is 47.7 Å². The highest BCUT2D eigenvalue weighted by Crippen LogP contribution is 2.51. The monoisotopic (exact) mass is 804 g/mol. The highest BCUT2D eigenvalue weighted by molar-refractivity contribution is 6.90. The molecule has 0 radical (unpaired) electrons. The molecule has 8 heteroatoms. The zero-order chi connectivity index (χ0) is 40.9. The van der Waals surface area contributed by atoms with E-state index in [2.05, 4.69) is 136 Å². The summed E-state index contributed by atoms with van der Waals surface area (Å²) in [6.07, 6.45) is 0. The molecule has 0 saturated carbocycles. The van der Waals surface area contributed by atoms with Gasteiger partial charge >= 0.3 is 0 Å². The molecule has 0 aromatic heterocycles. The molecule has 0 unspecified atom stereocenters. The van der Waals surface area contributed by atoms with Crippen molar-refractivity contribution in [2.45, 2.75) is 52.5 Å². The quantitative estimate of drug-likeness (QED) is 0.0906. The standard InChI is InChI=1S/C50H52O6Si2/c1-51-38-25-36-40(53-3)27-42(57(5,6)7)49(55-29-31-17-13-11-14-18-31)47(36)45-34(38)23-21-33-22-24-35-39(52-2)26-37-41(54-4)28-43(58(8,9)10)50(48(37)46(35)44(33)45)56-30-32-19-15-12-16-20-32/h11-28H,29-30H2,1-10H3. The minimum atomic E-state index is -2.05. The van der Waals surface area contributed by atoms with Crippen molar-refractivity contribution in [2.24, 2.45) is 0 Å². The second-order valence-electron chi connectivity index (χ2n) is 17.0. The van der Waals surface area contributed by atoms with Crippen LogP contribution in [0.5, 0.6) is 34.5 Å². The number of methoxy groups -OCH3 is 4. The fourth-order valence-electron chi connectivity index (χ4n) is 8.41. The van der Waals surface area contributed by atoms with Crippen molar-refractivity contribution in [3.63, 3.8) is 0 Å². The summed E-state index contributed by atoms with van der Waals surface area (Å²) in [4.78, 5) is 0. The van der Waals surface area contributed by atoms with Gasteiger partial charge in [0.25, 0.3) is 0 Å². The molecule has 0 spiro atoms. The molecule has 0 N–H and O–H groups in total. The Labute approximate surface area is 343 Å². The summed E-state index contributed by atoms with van der Waals surface area (Å²) in [5.41, 5.74) is 2.20. The van der Waals surface area contributed by atoms with Crippen LogP contribution in [0.1, 0.15) is 11.1 Å². The Bertz CT molecular complexity index is 2650. The zero-order valence-corrected chi connectivity index (χ0v) is 37.3. The fraction of sp³-hybridized carbons (Fsp3) is 0.240. The SMILES string of the molecule is COc1cc([Si](C)(C)C)c(OCc2ccccc2)c2c1cc(OC)c1ccc3ccc4c(OC)cc5c(OC)cc([Si](C)(C)C)c(OCc6ccccc6)c5c4c3c12. The van der Waals surface area contributed by atoms with Crippen LogP contribution < -0.4 is 38.8 Å². The lowest BCUT2D eigenvalue weighted by molar-refractivity contribution is 0.312. The number of ether oxygens (including phenoxy) is 6. The zero-order valence-electron chi connectivity index (χ0n) is 35.3. The Balaban J connectivity index is 1.65. The van der Waals surface area contributed by atoms with Crippen LogP contribution >= 0.6 is 0 Å². The van der Waals surface area contributed by atoms with E-state index in [9.17, 15) is 0 Å². The first-order valence-electron chi connectivity index (χ1n) is 19.8. The molecule has 0 aliphatic heterocycles. The normalized spacial score (nSPS) is 12.1. The van der Waals surface area contributed by atoms with Crippen LogP contribution in [0.2, 0.25) is 39.3 Å². The van der Waals surface area contributed by atoms with Gasteiger partial charge in [0.2, 0.25) is 0 Å². The Morgan fingerprint density at radius 1 is 0.379 bits per heavy atom. The van der Waals surface area contributed by atoms with Gasteiger partial charge in [-0.1, -0.05) is 112 Å². The molecular weight excluding hydrogens is 753 g/mol. The van der Waals surface area contributed by atoms with Crippen molar-refractivity contribution < 1.29 is 28.4 Å². The molecule has 296 valence electrons. The molecule has 58 heavy (non-hydrogen) atoms. The van der Waals surface area contributed by atoms with Crippen LogP contribution in [0.15, 0.2) is 109 Å². The highest BCUT2D eigenvalue weighted by atomic mass is 28.3. The van der Waals surface area contributed by atoms with Crippen molar-refractivity contribution in [1.29, 1.82) is 0 Å². The molecule has 8 rings (SSSR count). The highest BCUT2D eigenvalue weighted by Gasteiger charge is 2.31. The molecule has 0 atom stereocenters. The maximum absolute atomic E-state index is 7.12. The third-order valence-electron chi connectivity index (χ3n) is 11.3. The van der Waals surface area contributed by atoms with Gasteiger partial charge in [-0.05, 0) is 68.7 Å². The minimum absolute atomic E-state index is 0.420. The smallest absolute Gasteiger partial charge is 0.127 e. The second kappa shape index (κ2) is 15.2. The summed E-state index contributed by atoms with van der Waals surface area (Å²) in [7, 11) is 2.88. The summed E-state index contributed by atoms with van der Waals surface area (Å²) in [5.74, 6) is 4.83. The summed E-state index contributed by atoms with van der Waals surface area (Å²) in [5, 5.41) is 12.4. The third-order valence-corrected chi connectivity index (χ3v) is 15.3. The van der Waals surface area contributed by atoms with E-state index in [0.717, 1.165) is 99.5 Å². The van der Waals surface area contributed by atoms with Crippen LogP contribution in [0, 0.1) is 0 Å². The maximum Gasteiger partial charge on any atom is 0.127 e. The predicted molar refractivity (Wildman–Crippen MR) is 248 cm³/mol. The number of rotatable bonds is 12. The molecule has 0 amide bonds. The summed E-state index contributed by atoms with van der Waals surface area (Å²) < 4.78 is 39.3. The van der Waals surface area contributed by atoms with Crippen LogP contribution in [-0.2, 0) is 13.2 Å². The topological polar surface area (TPSA) is 55.4 Å². The Morgan fingerprint density at radius 3 is 1.09 bits per heavy atom. The second-order valence-corrected chi connectivity index (χ2v) is 27.1. The molecular formula is C50H52O6Si2. The molecule has 0 aliphatic carbocycles. The molecule has 0 aliphatic rings. The Hall–Kier alpha value is -5.71. The molecule has 0 bridgehead atoms. The molecule has 0 saturated heterocycles. The van der Waals surface area contributed by atoms with E-state index in [0.29, 0.717) is 13.2 Å². The van der Waals surface area contributed by atoms with Crippen molar-refractivity contribution in [2.75, 3.05) is 28.4 Å². The third kappa shape index (κ3) is 6.78. The van der Waals surface area contributed by atoms with E-state index in [4.69, 9.17) is 28.4 Å². The first-order chi connectivity index (χ1) is 27.9. The average molecular weight is 805 g/mol. The predicted octanol–water partition coefficient (Wildman–Crippen LogP) is 11.7. The van der Waals surface area contributed by atoms with Gasteiger partial charge in [0.15, 0.2) is 0 Å². The number of benzene rings is 8. The van der Waals surface area contributed by atoms with Crippen LogP contribution in [0.3, 0.4) is 0 Å². The molecule has 0 fully saturated rings. The Kier molecular flexibility index (Phi) is 10.3. The molecule has 0 heterocycles. The van der Waals surface area contributed by atoms with Crippen LogP contribution in [0.25, 0.3) is 53.9 Å². The summed E-state index contributed by atoms with van der Waals surface area (Å²) >= 11 is 0. The van der Waals surface area contributed by atoms with Crippen LogP contribution in [0.4, 0.5) is 0 Å². The number of hydrogen-bond donors (Lipinski definition) is 0. The molecule has 6 nitrogen and oxygen atoms in total. The fourth-order valence-corrected chi connectivity index (χ4v) is 11.3. The van der Waals surface area contributed by atoms with E-state index in [1.165, 1.54) is 10.4 Å². The Morgan fingerprint density at radius 2 is 0.741 bits per heavy atom. The van der Waals surface area contributed by atoms with Gasteiger partial charge in [-0.3, -0.25) is 0 Å². The van der Waals surface area contributed by atoms with Crippen LogP contribution in [-0.4, -0.2) is 44.6 Å². The number of fused-ring (bicyclic) bond motifs is 9.